The number of halogens is 1. The fourth-order valence-electron chi connectivity index (χ4n) is 2.49. The summed E-state index contributed by atoms with van der Waals surface area (Å²) < 4.78 is 0. The molecule has 0 radical (unpaired) electrons. The second-order valence-corrected chi connectivity index (χ2v) is 17.6. The summed E-state index contributed by atoms with van der Waals surface area (Å²) in [5.41, 5.74) is 0. The van der Waals surface area contributed by atoms with Gasteiger partial charge in [0.25, 0.3) is 0 Å². The van der Waals surface area contributed by atoms with E-state index in [1.54, 1.807) is 0 Å². The summed E-state index contributed by atoms with van der Waals surface area (Å²) in [6.07, 6.45) is 18.3. The molecule has 118 valence electrons. The van der Waals surface area contributed by atoms with Crippen LogP contribution >= 0.6 is 17.2 Å². The van der Waals surface area contributed by atoms with Crippen LogP contribution in [0.3, 0.4) is 0 Å². The van der Waals surface area contributed by atoms with Crippen LogP contribution in [0.1, 0.15) is 84.0 Å². The summed E-state index contributed by atoms with van der Waals surface area (Å²) in [6, 6.07) is 0. The van der Waals surface area contributed by atoms with Gasteiger partial charge in [0.1, 0.15) is 0 Å². The molecule has 0 amide bonds. The molecule has 0 saturated heterocycles. The van der Waals surface area contributed by atoms with E-state index in [1.807, 2.05) is 0 Å². The molecule has 2 heteroatoms. The van der Waals surface area contributed by atoms with Gasteiger partial charge in [-0.15, -0.1) is 0 Å². The quantitative estimate of drug-likeness (QED) is 0.247. The van der Waals surface area contributed by atoms with Gasteiger partial charge in [0.15, 0.2) is 0 Å². The molecule has 0 aromatic heterocycles. The average Bonchev–Trinajstić information content (AvgIpc) is 2.28. The Balaban J connectivity index is 3.12. The van der Waals surface area contributed by atoms with Gasteiger partial charge in [-0.3, -0.25) is 0 Å². The zero-order valence-corrected chi connectivity index (χ0v) is 15.7. The number of rotatable bonds is 13. The zero-order chi connectivity index (χ0) is 14.6. The molecule has 19 heavy (non-hydrogen) atoms. The van der Waals surface area contributed by atoms with E-state index in [-0.39, 0.29) is 0 Å². The Labute approximate surface area is 127 Å². The van der Waals surface area contributed by atoms with Gasteiger partial charge in [-0.1, -0.05) is 13.3 Å². The molecular formula is C17H38ClP. The van der Waals surface area contributed by atoms with E-state index in [1.165, 1.54) is 83.2 Å². The van der Waals surface area contributed by atoms with Gasteiger partial charge in [0.05, 0.1) is 0 Å². The van der Waals surface area contributed by atoms with Gasteiger partial charge >= 0.3 is 114 Å². The van der Waals surface area contributed by atoms with Gasteiger partial charge in [-0.05, 0) is 0 Å². The Morgan fingerprint density at radius 1 is 0.579 bits per heavy atom. The molecule has 0 aliphatic rings. The van der Waals surface area contributed by atoms with Crippen LogP contribution in [-0.2, 0) is 0 Å². The maximum absolute atomic E-state index is 6.55. The predicted molar refractivity (Wildman–Crippen MR) is 96.5 cm³/mol. The summed E-state index contributed by atoms with van der Waals surface area (Å²) in [5.74, 6) is -1.74. The van der Waals surface area contributed by atoms with Gasteiger partial charge in [0, 0.05) is 0 Å². The molecule has 0 aliphatic heterocycles. The second kappa shape index (κ2) is 10.4. The van der Waals surface area contributed by atoms with E-state index >= 15 is 0 Å². The van der Waals surface area contributed by atoms with Crippen LogP contribution in [0.4, 0.5) is 0 Å². The topological polar surface area (TPSA) is 0 Å². The van der Waals surface area contributed by atoms with Crippen LogP contribution in [0.2, 0.25) is 0 Å². The molecule has 0 N–H and O–H groups in total. The molecule has 0 aromatic carbocycles. The van der Waals surface area contributed by atoms with Crippen molar-refractivity contribution in [3.8, 4) is 0 Å². The van der Waals surface area contributed by atoms with Gasteiger partial charge in [-0.25, -0.2) is 0 Å². The van der Waals surface area contributed by atoms with Crippen LogP contribution in [0.15, 0.2) is 0 Å². The zero-order valence-electron chi connectivity index (χ0n) is 14.0. The van der Waals surface area contributed by atoms with Crippen molar-refractivity contribution in [2.75, 3.05) is 26.2 Å². The minimum atomic E-state index is -1.74. The predicted octanol–water partition coefficient (Wildman–Crippen LogP) is 7.28. The molecule has 0 rings (SSSR count). The third-order valence-corrected chi connectivity index (χ3v) is 6.10. The molecule has 0 fully saturated rings. The first-order valence-electron chi connectivity index (χ1n) is 8.53. The van der Waals surface area contributed by atoms with E-state index < -0.39 is 5.96 Å². The van der Waals surface area contributed by atoms with Crippen LogP contribution in [0.25, 0.3) is 0 Å². The molecule has 0 bridgehead atoms. The molecule has 0 heterocycles. The number of hydrogen-bond acceptors (Lipinski definition) is 0. The van der Waals surface area contributed by atoms with Crippen molar-refractivity contribution in [1.29, 1.82) is 0 Å². The van der Waals surface area contributed by atoms with Crippen molar-refractivity contribution in [2.45, 2.75) is 84.0 Å². The van der Waals surface area contributed by atoms with E-state index in [4.69, 9.17) is 11.2 Å². The fourth-order valence-corrected chi connectivity index (χ4v) is 4.14. The molecule has 0 unspecified atom stereocenters. The van der Waals surface area contributed by atoms with E-state index in [0.29, 0.717) is 0 Å². The first-order valence-corrected chi connectivity index (χ1v) is 13.2. The summed E-state index contributed by atoms with van der Waals surface area (Å²) in [7, 11) is 0. The summed E-state index contributed by atoms with van der Waals surface area (Å²) >= 11 is 6.55. The number of hydrogen-bond donors (Lipinski definition) is 0. The molecule has 0 atom stereocenters. The monoisotopic (exact) mass is 308 g/mol. The molecule has 0 spiro atoms. The van der Waals surface area contributed by atoms with E-state index in [0.717, 1.165) is 0 Å². The standard InChI is InChI=1S/C17H38ClP/c1-5-6-7-8-9-10-11-12-13-14-15-16-17-19(2,3,4)18/h5-17H2,1-4H3. The Kier molecular flexibility index (Phi) is 10.8. The fraction of sp³-hybridized carbons (Fsp3) is 1.00. The van der Waals surface area contributed by atoms with Gasteiger partial charge in [0.2, 0.25) is 0 Å². The normalized spacial score (nSPS) is 14.3. The van der Waals surface area contributed by atoms with Crippen molar-refractivity contribution in [3.63, 3.8) is 0 Å². The Bertz CT molecular complexity index is 196. The number of unbranched alkanes of at least 4 members (excludes halogenated alkanes) is 11. The Morgan fingerprint density at radius 2 is 0.895 bits per heavy atom. The van der Waals surface area contributed by atoms with E-state index in [2.05, 4.69) is 26.9 Å². The Hall–Kier alpha value is 0.720. The van der Waals surface area contributed by atoms with Gasteiger partial charge < -0.3 is 0 Å². The Morgan fingerprint density at radius 3 is 1.21 bits per heavy atom. The third-order valence-electron chi connectivity index (χ3n) is 3.77. The first-order chi connectivity index (χ1) is 8.81. The van der Waals surface area contributed by atoms with Crippen LogP contribution in [0, 0.1) is 0 Å². The van der Waals surface area contributed by atoms with Crippen LogP contribution in [-0.4, -0.2) is 26.2 Å². The minimum absolute atomic E-state index is 1.25. The maximum atomic E-state index is 6.55. The first kappa shape index (κ1) is 19.7. The van der Waals surface area contributed by atoms with Crippen molar-refractivity contribution >= 4 is 17.2 Å². The van der Waals surface area contributed by atoms with Crippen LogP contribution < -0.4 is 0 Å². The molecule has 0 nitrogen and oxygen atoms in total. The second-order valence-electron chi connectivity index (χ2n) is 7.53. The molecule has 0 saturated carbocycles. The molecular weight excluding hydrogens is 271 g/mol. The summed E-state index contributed by atoms with van der Waals surface area (Å²) in [6.45, 7) is 9.09. The summed E-state index contributed by atoms with van der Waals surface area (Å²) in [4.78, 5) is 0. The van der Waals surface area contributed by atoms with Crippen molar-refractivity contribution in [1.82, 2.24) is 0 Å². The molecule has 0 aliphatic carbocycles. The van der Waals surface area contributed by atoms with E-state index in [9.17, 15) is 0 Å². The summed E-state index contributed by atoms with van der Waals surface area (Å²) in [5, 5.41) is 0. The van der Waals surface area contributed by atoms with Gasteiger partial charge in [-0.2, -0.15) is 0 Å². The van der Waals surface area contributed by atoms with Crippen LogP contribution in [0.5, 0.6) is 0 Å². The average molecular weight is 309 g/mol. The van der Waals surface area contributed by atoms with Crippen molar-refractivity contribution < 1.29 is 0 Å². The molecule has 0 aromatic rings. The third kappa shape index (κ3) is 18.7. The SMILES string of the molecule is CCCCCCCCCCCCCCP(C)(C)(C)Cl. The van der Waals surface area contributed by atoms with Crippen molar-refractivity contribution in [2.24, 2.45) is 0 Å². The van der Waals surface area contributed by atoms with Crippen molar-refractivity contribution in [3.05, 3.63) is 0 Å².